The molecule has 8 nitrogen and oxygen atoms in total. The van der Waals surface area contributed by atoms with Crippen LogP contribution in [-0.4, -0.2) is 58.1 Å². The number of methoxy groups -OCH3 is 1. The van der Waals surface area contributed by atoms with E-state index in [2.05, 4.69) is 5.32 Å². The van der Waals surface area contributed by atoms with Crippen LogP contribution >= 0.6 is 23.2 Å². The Bertz CT molecular complexity index is 1090. The minimum atomic E-state index is -3.85. The monoisotopic (exact) mass is 501 g/mol. The maximum atomic E-state index is 13.3. The summed E-state index contributed by atoms with van der Waals surface area (Å²) in [4.78, 5) is 26.9. The maximum absolute atomic E-state index is 13.3. The van der Waals surface area contributed by atoms with Crippen molar-refractivity contribution in [3.8, 4) is 5.75 Å². The van der Waals surface area contributed by atoms with Crippen LogP contribution in [0.3, 0.4) is 0 Å². The quantitative estimate of drug-likeness (QED) is 0.569. The number of para-hydroxylation sites is 2. The fraction of sp³-hybridized carbons (Fsp3) is 0.333. The molecule has 0 aliphatic carbocycles. The number of likely N-dealkylation sites (N-methyl/N-ethyl adjacent to an activating group) is 1. The number of carbonyl (C=O) groups is 2. The fourth-order valence-corrected chi connectivity index (χ4v) is 4.23. The van der Waals surface area contributed by atoms with Crippen LogP contribution in [0.25, 0.3) is 0 Å². The van der Waals surface area contributed by atoms with Crippen molar-refractivity contribution in [3.63, 3.8) is 0 Å². The van der Waals surface area contributed by atoms with Crippen LogP contribution in [0.1, 0.15) is 12.5 Å². The average molecular weight is 502 g/mol. The van der Waals surface area contributed by atoms with Gasteiger partial charge in [-0.2, -0.15) is 0 Å². The SMILES string of the molecule is CNC(=O)[C@@H](C)N(Cc1ccc(Cl)c(Cl)c1)C(=O)CN(c1ccccc1OC)S(C)(=O)=O. The lowest BCUT2D eigenvalue weighted by Crippen LogP contribution is -2.50. The van der Waals surface area contributed by atoms with E-state index in [4.69, 9.17) is 27.9 Å². The first-order chi connectivity index (χ1) is 15.0. The van der Waals surface area contributed by atoms with E-state index in [1.54, 1.807) is 49.4 Å². The van der Waals surface area contributed by atoms with Gasteiger partial charge in [-0.15, -0.1) is 0 Å². The van der Waals surface area contributed by atoms with Gasteiger partial charge < -0.3 is 15.0 Å². The number of amides is 2. The summed E-state index contributed by atoms with van der Waals surface area (Å²) in [6, 6.07) is 10.5. The number of halogens is 2. The van der Waals surface area contributed by atoms with Crippen molar-refractivity contribution in [2.45, 2.75) is 19.5 Å². The van der Waals surface area contributed by atoms with Gasteiger partial charge in [0.15, 0.2) is 0 Å². The second kappa shape index (κ2) is 10.9. The highest BCUT2D eigenvalue weighted by molar-refractivity contribution is 7.92. The van der Waals surface area contributed by atoms with Crippen LogP contribution in [0.5, 0.6) is 5.75 Å². The summed E-state index contributed by atoms with van der Waals surface area (Å²) in [6.45, 7) is 1.05. The molecule has 0 radical (unpaired) electrons. The van der Waals surface area contributed by atoms with Gasteiger partial charge in [-0.25, -0.2) is 8.42 Å². The van der Waals surface area contributed by atoms with Crippen molar-refractivity contribution >= 4 is 50.7 Å². The van der Waals surface area contributed by atoms with Crippen LogP contribution in [0.15, 0.2) is 42.5 Å². The molecule has 2 amide bonds. The fourth-order valence-electron chi connectivity index (χ4n) is 3.06. The summed E-state index contributed by atoms with van der Waals surface area (Å²) < 4.78 is 31.3. The molecule has 2 aromatic carbocycles. The lowest BCUT2D eigenvalue weighted by molar-refractivity contribution is -0.139. The lowest BCUT2D eigenvalue weighted by atomic mass is 10.1. The van der Waals surface area contributed by atoms with E-state index in [1.807, 2.05) is 0 Å². The van der Waals surface area contributed by atoms with Crippen molar-refractivity contribution < 1.29 is 22.7 Å². The Labute approximate surface area is 198 Å². The number of anilines is 1. The standard InChI is InChI=1S/C21H25Cl2N3O5S/c1-14(21(28)24-2)25(12-15-9-10-16(22)17(23)11-15)20(27)13-26(32(4,29)30)18-7-5-6-8-19(18)31-3/h5-11,14H,12-13H2,1-4H3,(H,24,28)/t14-/m1/s1. The van der Waals surface area contributed by atoms with Gasteiger partial charge in [0.2, 0.25) is 21.8 Å². The summed E-state index contributed by atoms with van der Waals surface area (Å²) in [5.74, 6) is -0.689. The average Bonchev–Trinajstić information content (AvgIpc) is 2.76. The van der Waals surface area contributed by atoms with Crippen molar-refractivity contribution in [2.24, 2.45) is 0 Å². The molecule has 0 aliphatic rings. The molecule has 0 saturated heterocycles. The topological polar surface area (TPSA) is 96.0 Å². The van der Waals surface area contributed by atoms with Crippen molar-refractivity contribution in [2.75, 3.05) is 31.3 Å². The Hall–Kier alpha value is -2.49. The normalized spacial score (nSPS) is 12.1. The first-order valence-electron chi connectivity index (χ1n) is 9.55. The van der Waals surface area contributed by atoms with Crippen molar-refractivity contribution in [3.05, 3.63) is 58.1 Å². The molecule has 32 heavy (non-hydrogen) atoms. The van der Waals surface area contributed by atoms with Gasteiger partial charge in [0.25, 0.3) is 0 Å². The number of hydrogen-bond acceptors (Lipinski definition) is 5. The third-order valence-corrected chi connectivity index (χ3v) is 6.65. The molecule has 0 spiro atoms. The number of hydrogen-bond donors (Lipinski definition) is 1. The number of rotatable bonds is 9. The molecular weight excluding hydrogens is 477 g/mol. The zero-order valence-electron chi connectivity index (χ0n) is 18.1. The molecule has 1 atom stereocenters. The Morgan fingerprint density at radius 3 is 2.34 bits per heavy atom. The van der Waals surface area contributed by atoms with Gasteiger partial charge in [-0.1, -0.05) is 41.4 Å². The van der Waals surface area contributed by atoms with Gasteiger partial charge in [-0.3, -0.25) is 13.9 Å². The van der Waals surface area contributed by atoms with E-state index in [9.17, 15) is 18.0 Å². The van der Waals surface area contributed by atoms with Crippen molar-refractivity contribution in [1.82, 2.24) is 10.2 Å². The van der Waals surface area contributed by atoms with Crippen molar-refractivity contribution in [1.29, 1.82) is 0 Å². The maximum Gasteiger partial charge on any atom is 0.244 e. The Kier molecular flexibility index (Phi) is 8.77. The summed E-state index contributed by atoms with van der Waals surface area (Å²) in [6.07, 6.45) is 0.998. The minimum absolute atomic E-state index is 0.0217. The molecule has 2 rings (SSSR count). The molecule has 2 aromatic rings. The van der Waals surface area contributed by atoms with Crippen LogP contribution in [-0.2, 0) is 26.2 Å². The highest BCUT2D eigenvalue weighted by Crippen LogP contribution is 2.30. The second-order valence-electron chi connectivity index (χ2n) is 7.00. The molecule has 0 aliphatic heterocycles. The third-order valence-electron chi connectivity index (χ3n) is 4.78. The van der Waals surface area contributed by atoms with E-state index in [1.165, 1.54) is 19.1 Å². The molecule has 0 saturated carbocycles. The summed E-state index contributed by atoms with van der Waals surface area (Å²) in [5, 5.41) is 3.16. The van der Waals surface area contributed by atoms with E-state index in [-0.39, 0.29) is 12.2 Å². The predicted octanol–water partition coefficient (Wildman–Crippen LogP) is 2.93. The van der Waals surface area contributed by atoms with Gasteiger partial charge >= 0.3 is 0 Å². The van der Waals surface area contributed by atoms with E-state index in [0.29, 0.717) is 21.4 Å². The number of nitrogens with zero attached hydrogens (tertiary/aromatic N) is 2. The molecule has 0 bridgehead atoms. The number of sulfonamides is 1. The highest BCUT2D eigenvalue weighted by Gasteiger charge is 2.30. The van der Waals surface area contributed by atoms with E-state index in [0.717, 1.165) is 10.6 Å². The summed E-state index contributed by atoms with van der Waals surface area (Å²) >= 11 is 12.1. The molecule has 0 aromatic heterocycles. The predicted molar refractivity (Wildman–Crippen MR) is 126 cm³/mol. The van der Waals surface area contributed by atoms with E-state index < -0.39 is 34.4 Å². The van der Waals surface area contributed by atoms with Gasteiger partial charge in [0, 0.05) is 13.6 Å². The number of nitrogens with one attached hydrogen (secondary N) is 1. The van der Waals surface area contributed by atoms with Crippen LogP contribution in [0.2, 0.25) is 10.0 Å². The molecule has 0 fully saturated rings. The van der Waals surface area contributed by atoms with Crippen LogP contribution in [0, 0.1) is 0 Å². The van der Waals surface area contributed by atoms with Gasteiger partial charge in [-0.05, 0) is 36.8 Å². The van der Waals surface area contributed by atoms with Crippen LogP contribution in [0.4, 0.5) is 5.69 Å². The molecule has 11 heteroatoms. The lowest BCUT2D eigenvalue weighted by Gasteiger charge is -2.31. The summed E-state index contributed by atoms with van der Waals surface area (Å²) in [5.41, 5.74) is 0.847. The molecule has 0 unspecified atom stereocenters. The molecule has 1 N–H and O–H groups in total. The Morgan fingerprint density at radius 2 is 1.78 bits per heavy atom. The van der Waals surface area contributed by atoms with Crippen LogP contribution < -0.4 is 14.4 Å². The third kappa shape index (κ3) is 6.27. The smallest absolute Gasteiger partial charge is 0.244 e. The van der Waals surface area contributed by atoms with Gasteiger partial charge in [0.05, 0.1) is 29.1 Å². The number of carbonyl (C=O) groups excluding carboxylic acids is 2. The zero-order chi connectivity index (χ0) is 24.1. The first-order valence-corrected chi connectivity index (χ1v) is 12.2. The largest absolute Gasteiger partial charge is 0.495 e. The number of ether oxygens (including phenoxy) is 1. The Balaban J connectivity index is 2.43. The van der Waals surface area contributed by atoms with E-state index >= 15 is 0 Å². The summed E-state index contributed by atoms with van der Waals surface area (Å²) in [7, 11) is -0.984. The number of benzene rings is 2. The molecule has 174 valence electrons. The molecule has 0 heterocycles. The Morgan fingerprint density at radius 1 is 1.12 bits per heavy atom. The highest BCUT2D eigenvalue weighted by atomic mass is 35.5. The van der Waals surface area contributed by atoms with Gasteiger partial charge in [0.1, 0.15) is 18.3 Å². The second-order valence-corrected chi connectivity index (χ2v) is 9.72. The molecular formula is C21H25Cl2N3O5S. The minimum Gasteiger partial charge on any atom is -0.495 e. The first kappa shape index (κ1) is 25.8. The zero-order valence-corrected chi connectivity index (χ0v) is 20.5.